The molecule has 0 spiro atoms. The number of rotatable bonds is 1. The van der Waals surface area contributed by atoms with Gasteiger partial charge in [-0.2, -0.15) is 23.8 Å². The summed E-state index contributed by atoms with van der Waals surface area (Å²) in [5.74, 6) is 0. The van der Waals surface area contributed by atoms with Crippen LogP contribution in [-0.4, -0.2) is 28.4 Å². The molecule has 0 saturated heterocycles. The summed E-state index contributed by atoms with van der Waals surface area (Å²) in [6, 6.07) is 3.19. The first-order valence-corrected chi connectivity index (χ1v) is 5.22. The molecule has 2 N–H and O–H groups in total. The Bertz CT molecular complexity index is 593. The minimum Gasteiger partial charge on any atom is -0.282 e. The quantitative estimate of drug-likeness (QED) is 0.589. The third-order valence-corrected chi connectivity index (χ3v) is 2.93. The van der Waals surface area contributed by atoms with E-state index in [1.807, 2.05) is 0 Å². The summed E-state index contributed by atoms with van der Waals surface area (Å²) in [5.41, 5.74) is 1.00. The first kappa shape index (κ1) is 12.3. The molecular weight excluding hydrogens is 314 g/mol. The third kappa shape index (κ3) is 2.11. The predicted molar refractivity (Wildman–Crippen MR) is 48.4 cm³/mol. The Labute approximate surface area is 101 Å². The van der Waals surface area contributed by atoms with Crippen LogP contribution in [0.5, 0.6) is 0 Å². The van der Waals surface area contributed by atoms with E-state index in [0.29, 0.717) is 11.1 Å². The molecule has 0 fully saturated rings. The van der Waals surface area contributed by atoms with Gasteiger partial charge in [-0.3, -0.25) is 4.55 Å². The Morgan fingerprint density at radius 2 is 2.00 bits per heavy atom. The van der Waals surface area contributed by atoms with Gasteiger partial charge in [0, 0.05) is 0 Å². The molecule has 0 radical (unpaired) electrons. The van der Waals surface area contributed by atoms with Gasteiger partial charge in [0.15, 0.2) is 0 Å². The summed E-state index contributed by atoms with van der Waals surface area (Å²) in [6.07, 6.45) is 0. The van der Waals surface area contributed by atoms with E-state index in [1.165, 1.54) is 0 Å². The van der Waals surface area contributed by atoms with Gasteiger partial charge in [0.1, 0.15) is 15.9 Å². The van der Waals surface area contributed by atoms with Crippen LogP contribution in [0, 0.1) is 6.92 Å². The molecule has 84 valence electrons. The van der Waals surface area contributed by atoms with Crippen molar-refractivity contribution < 1.29 is 35.4 Å². The number of aryl methyl sites for hydroxylation is 1. The number of nitrogens with zero attached hydrogens (tertiary/aromatic N) is 2. The van der Waals surface area contributed by atoms with Gasteiger partial charge >= 0.3 is 22.4 Å². The van der Waals surface area contributed by atoms with Gasteiger partial charge in [0.2, 0.25) is 0 Å². The SMILES string of the molecule is Cc1ccc2n[nH]nc2c1S(=O)(=O)O.[Ag+]. The van der Waals surface area contributed by atoms with Gasteiger partial charge in [0.05, 0.1) is 0 Å². The Balaban J connectivity index is 0.00000112. The molecule has 1 aromatic heterocycles. The van der Waals surface area contributed by atoms with E-state index < -0.39 is 10.1 Å². The maximum Gasteiger partial charge on any atom is 1.00 e. The van der Waals surface area contributed by atoms with Crippen LogP contribution in [0.4, 0.5) is 0 Å². The molecule has 8 heteroatoms. The zero-order valence-electron chi connectivity index (χ0n) is 7.52. The van der Waals surface area contributed by atoms with Crippen molar-refractivity contribution in [1.29, 1.82) is 0 Å². The second kappa shape index (κ2) is 4.03. The van der Waals surface area contributed by atoms with E-state index in [-0.39, 0.29) is 32.8 Å². The van der Waals surface area contributed by atoms with E-state index in [1.54, 1.807) is 19.1 Å². The van der Waals surface area contributed by atoms with Crippen molar-refractivity contribution in [1.82, 2.24) is 15.4 Å². The van der Waals surface area contributed by atoms with Crippen LogP contribution in [0.3, 0.4) is 0 Å². The topological polar surface area (TPSA) is 95.9 Å². The summed E-state index contributed by atoms with van der Waals surface area (Å²) in [5, 5.41) is 9.69. The molecule has 1 heterocycles. The number of H-pyrrole nitrogens is 1. The molecule has 15 heavy (non-hydrogen) atoms. The third-order valence-electron chi connectivity index (χ3n) is 1.90. The summed E-state index contributed by atoms with van der Waals surface area (Å²) in [4.78, 5) is -0.191. The second-order valence-corrected chi connectivity index (χ2v) is 4.24. The molecule has 0 amide bonds. The van der Waals surface area contributed by atoms with Gasteiger partial charge in [-0.05, 0) is 18.6 Å². The number of aromatic nitrogens is 3. The van der Waals surface area contributed by atoms with Crippen molar-refractivity contribution in [3.8, 4) is 0 Å². The molecule has 0 unspecified atom stereocenters. The Hall–Kier alpha value is -0.730. The number of benzene rings is 1. The number of hydrogen-bond donors (Lipinski definition) is 2. The molecule has 6 nitrogen and oxygen atoms in total. The molecule has 0 saturated carbocycles. The molecular formula is C7H7AgN3O3S+. The van der Waals surface area contributed by atoms with E-state index in [2.05, 4.69) is 15.4 Å². The summed E-state index contributed by atoms with van der Waals surface area (Å²) in [7, 11) is -4.25. The van der Waals surface area contributed by atoms with E-state index in [0.717, 1.165) is 0 Å². The number of aromatic amines is 1. The fourth-order valence-corrected chi connectivity index (χ4v) is 2.18. The minimum atomic E-state index is -4.25. The smallest absolute Gasteiger partial charge is 0.282 e. The van der Waals surface area contributed by atoms with Gasteiger partial charge < -0.3 is 0 Å². The number of nitrogens with one attached hydrogen (secondary N) is 1. The number of fused-ring (bicyclic) bond motifs is 1. The van der Waals surface area contributed by atoms with Crippen LogP contribution in [0.2, 0.25) is 0 Å². The zero-order valence-corrected chi connectivity index (χ0v) is 9.82. The molecule has 2 aromatic rings. The maximum atomic E-state index is 11.0. The van der Waals surface area contributed by atoms with Crippen LogP contribution in [0.1, 0.15) is 5.56 Å². The average molecular weight is 321 g/mol. The van der Waals surface area contributed by atoms with E-state index in [4.69, 9.17) is 4.55 Å². The maximum absolute atomic E-state index is 11.0. The predicted octanol–water partition coefficient (Wildman–Crippen LogP) is 0.511. The first-order chi connectivity index (χ1) is 6.50. The normalized spacial score (nSPS) is 11.3. The van der Waals surface area contributed by atoms with E-state index in [9.17, 15) is 8.42 Å². The molecule has 0 bridgehead atoms. The van der Waals surface area contributed by atoms with Crippen LogP contribution in [0.15, 0.2) is 17.0 Å². The van der Waals surface area contributed by atoms with Crippen molar-refractivity contribution in [2.75, 3.05) is 0 Å². The van der Waals surface area contributed by atoms with Crippen molar-refractivity contribution in [3.05, 3.63) is 17.7 Å². The Morgan fingerprint density at radius 3 is 2.60 bits per heavy atom. The van der Waals surface area contributed by atoms with Crippen LogP contribution < -0.4 is 0 Å². The van der Waals surface area contributed by atoms with Crippen molar-refractivity contribution in [2.24, 2.45) is 0 Å². The molecule has 0 aliphatic heterocycles. The van der Waals surface area contributed by atoms with Crippen molar-refractivity contribution in [2.45, 2.75) is 11.8 Å². The van der Waals surface area contributed by atoms with Crippen LogP contribution in [-0.2, 0) is 32.5 Å². The summed E-state index contributed by atoms with van der Waals surface area (Å²) < 4.78 is 31.1. The molecule has 0 aliphatic rings. The molecule has 2 rings (SSSR count). The first-order valence-electron chi connectivity index (χ1n) is 3.78. The van der Waals surface area contributed by atoms with Gasteiger partial charge in [-0.25, -0.2) is 0 Å². The largest absolute Gasteiger partial charge is 1.00 e. The molecule has 1 aromatic carbocycles. The van der Waals surface area contributed by atoms with Crippen molar-refractivity contribution >= 4 is 21.2 Å². The van der Waals surface area contributed by atoms with Gasteiger partial charge in [-0.15, -0.1) is 0 Å². The summed E-state index contributed by atoms with van der Waals surface area (Å²) >= 11 is 0. The fourth-order valence-electron chi connectivity index (χ4n) is 1.31. The zero-order chi connectivity index (χ0) is 10.3. The van der Waals surface area contributed by atoms with Crippen LogP contribution in [0.25, 0.3) is 11.0 Å². The molecule has 0 atom stereocenters. The number of hydrogen-bond acceptors (Lipinski definition) is 4. The minimum absolute atomic E-state index is 0. The van der Waals surface area contributed by atoms with Crippen LogP contribution >= 0.6 is 0 Å². The van der Waals surface area contributed by atoms with E-state index >= 15 is 0 Å². The monoisotopic (exact) mass is 320 g/mol. The average Bonchev–Trinajstić information content (AvgIpc) is 2.48. The summed E-state index contributed by atoms with van der Waals surface area (Å²) in [6.45, 7) is 1.58. The molecule has 0 aliphatic carbocycles. The fraction of sp³-hybridized carbons (Fsp3) is 0.143. The van der Waals surface area contributed by atoms with Gasteiger partial charge in [-0.1, -0.05) is 6.07 Å². The standard InChI is InChI=1S/C7H7N3O3S.Ag/c1-4-2-3-5-6(9-10-8-5)7(4)14(11,12)13;/h2-3H,1H3,(H,8,9,10)(H,11,12,13);/q;+1. The van der Waals surface area contributed by atoms with Gasteiger partial charge in [0.25, 0.3) is 10.1 Å². The van der Waals surface area contributed by atoms with Crippen molar-refractivity contribution in [3.63, 3.8) is 0 Å². The Kier molecular flexibility index (Phi) is 3.31. The Morgan fingerprint density at radius 1 is 1.33 bits per heavy atom. The second-order valence-electron chi connectivity index (χ2n) is 2.88.